The minimum atomic E-state index is 0.982. The molecular weight excluding hydrogens is 316 g/mol. The highest BCUT2D eigenvalue weighted by Crippen LogP contribution is 2.20. The average Bonchev–Trinajstić information content (AvgIpc) is 2.84. The van der Waals surface area contributed by atoms with E-state index in [9.17, 15) is 0 Å². The van der Waals surface area contributed by atoms with Crippen molar-refractivity contribution in [2.45, 2.75) is 19.3 Å². The van der Waals surface area contributed by atoms with Crippen LogP contribution in [0.5, 0.6) is 0 Å². The van der Waals surface area contributed by atoms with E-state index in [1.807, 2.05) is 6.07 Å². The lowest BCUT2D eigenvalue weighted by Gasteiger charge is -2.08. The molecule has 2 heteroatoms. The van der Waals surface area contributed by atoms with E-state index in [0.29, 0.717) is 0 Å². The van der Waals surface area contributed by atoms with Crippen molar-refractivity contribution in [2.75, 3.05) is 0 Å². The molecule has 1 aliphatic carbocycles. The van der Waals surface area contributed by atoms with Crippen LogP contribution in [0.4, 0.5) is 0 Å². The van der Waals surface area contributed by atoms with Gasteiger partial charge in [-0.3, -0.25) is 4.57 Å². The van der Waals surface area contributed by atoms with E-state index in [1.54, 1.807) is 0 Å². The second-order valence-electron chi connectivity index (χ2n) is 6.74. The second kappa shape index (κ2) is 6.30. The van der Waals surface area contributed by atoms with Crippen molar-refractivity contribution in [1.29, 1.82) is 0 Å². The molecule has 5 rings (SSSR count). The quantitative estimate of drug-likeness (QED) is 0.529. The standard InChI is InChI=1S/C24H20N2/c1-3-10-18(11-4-1)21-14-9-17-24(25-21)26-22-15-6-2-5-12-19(22)20-13-7-8-16-23(20)26/h1,3-4,7-17H,2,5-6H2. The van der Waals surface area contributed by atoms with Gasteiger partial charge in [0.1, 0.15) is 5.82 Å². The molecule has 0 fully saturated rings. The summed E-state index contributed by atoms with van der Waals surface area (Å²) in [4.78, 5) is 5.00. The van der Waals surface area contributed by atoms with Crippen molar-refractivity contribution in [1.82, 2.24) is 9.55 Å². The molecule has 4 aromatic rings. The Kier molecular flexibility index (Phi) is 3.67. The zero-order chi connectivity index (χ0) is 17.3. The Labute approximate surface area is 152 Å². The number of benzene rings is 2. The first-order valence-corrected chi connectivity index (χ1v) is 9.24. The van der Waals surface area contributed by atoms with Crippen molar-refractivity contribution in [3.05, 3.63) is 83.4 Å². The van der Waals surface area contributed by atoms with Gasteiger partial charge in [-0.1, -0.05) is 66.7 Å². The van der Waals surface area contributed by atoms with Gasteiger partial charge in [-0.25, -0.2) is 4.98 Å². The summed E-state index contributed by atoms with van der Waals surface area (Å²) in [5.74, 6) is 0.982. The third-order valence-corrected chi connectivity index (χ3v) is 5.08. The predicted molar refractivity (Wildman–Crippen MR) is 109 cm³/mol. The molecule has 126 valence electrons. The molecule has 0 radical (unpaired) electrons. The smallest absolute Gasteiger partial charge is 0.138 e. The highest BCUT2D eigenvalue weighted by Gasteiger charge is 2.11. The maximum absolute atomic E-state index is 5.00. The highest BCUT2D eigenvalue weighted by molar-refractivity contribution is 5.84. The molecule has 0 bridgehead atoms. The number of hydrogen-bond acceptors (Lipinski definition) is 1. The van der Waals surface area contributed by atoms with E-state index in [1.165, 1.54) is 27.9 Å². The normalized spacial score (nSPS) is 13.5. The van der Waals surface area contributed by atoms with Gasteiger partial charge in [-0.2, -0.15) is 0 Å². The minimum Gasteiger partial charge on any atom is -0.294 e. The molecule has 0 unspecified atom stereocenters. The molecule has 0 saturated heterocycles. The SMILES string of the molecule is C1=c2c(n(-c3cccc(-c4ccccc4)n3)c3ccccc23)=CCCC1. The highest BCUT2D eigenvalue weighted by atomic mass is 15.1. The molecule has 2 aromatic carbocycles. The summed E-state index contributed by atoms with van der Waals surface area (Å²) in [6.07, 6.45) is 8.21. The van der Waals surface area contributed by atoms with Crippen LogP contribution in [0.1, 0.15) is 19.3 Å². The van der Waals surface area contributed by atoms with Crippen LogP contribution in [0.25, 0.3) is 40.1 Å². The van der Waals surface area contributed by atoms with Gasteiger partial charge in [-0.05, 0) is 37.5 Å². The number of hydrogen-bond donors (Lipinski definition) is 0. The van der Waals surface area contributed by atoms with Crippen LogP contribution >= 0.6 is 0 Å². The van der Waals surface area contributed by atoms with Crippen molar-refractivity contribution in [3.63, 3.8) is 0 Å². The molecule has 0 aliphatic heterocycles. The largest absolute Gasteiger partial charge is 0.294 e. The Morgan fingerprint density at radius 3 is 2.46 bits per heavy atom. The fourth-order valence-electron chi connectivity index (χ4n) is 3.87. The topological polar surface area (TPSA) is 17.8 Å². The van der Waals surface area contributed by atoms with E-state index >= 15 is 0 Å². The number of pyridine rings is 1. The molecule has 2 nitrogen and oxygen atoms in total. The Morgan fingerprint density at radius 2 is 1.54 bits per heavy atom. The Morgan fingerprint density at radius 1 is 0.731 bits per heavy atom. The summed E-state index contributed by atoms with van der Waals surface area (Å²) in [5.41, 5.74) is 3.38. The van der Waals surface area contributed by atoms with E-state index in [2.05, 4.69) is 83.4 Å². The molecule has 0 spiro atoms. The van der Waals surface area contributed by atoms with Gasteiger partial charge in [-0.15, -0.1) is 0 Å². The third-order valence-electron chi connectivity index (χ3n) is 5.08. The van der Waals surface area contributed by atoms with Crippen molar-refractivity contribution >= 4 is 23.1 Å². The molecule has 0 saturated carbocycles. The number of fused-ring (bicyclic) bond motifs is 3. The van der Waals surface area contributed by atoms with Gasteiger partial charge in [0.05, 0.1) is 16.6 Å². The van der Waals surface area contributed by atoms with E-state index in [4.69, 9.17) is 4.98 Å². The zero-order valence-electron chi connectivity index (χ0n) is 14.6. The fourth-order valence-corrected chi connectivity index (χ4v) is 3.87. The lowest BCUT2D eigenvalue weighted by molar-refractivity contribution is 0.919. The number of aromatic nitrogens is 2. The maximum atomic E-state index is 5.00. The monoisotopic (exact) mass is 336 g/mol. The molecule has 0 atom stereocenters. The van der Waals surface area contributed by atoms with Gasteiger partial charge >= 0.3 is 0 Å². The van der Waals surface area contributed by atoms with Crippen molar-refractivity contribution < 1.29 is 0 Å². The maximum Gasteiger partial charge on any atom is 0.138 e. The van der Waals surface area contributed by atoms with Gasteiger partial charge in [0.25, 0.3) is 0 Å². The first-order valence-electron chi connectivity index (χ1n) is 9.24. The summed E-state index contributed by atoms with van der Waals surface area (Å²) in [6, 6.07) is 25.3. The number of para-hydroxylation sites is 1. The van der Waals surface area contributed by atoms with Crippen LogP contribution < -0.4 is 10.6 Å². The van der Waals surface area contributed by atoms with Crippen LogP contribution in [0.3, 0.4) is 0 Å². The lowest BCUT2D eigenvalue weighted by Crippen LogP contribution is -2.28. The van der Waals surface area contributed by atoms with Gasteiger partial charge < -0.3 is 0 Å². The van der Waals surface area contributed by atoms with Crippen LogP contribution in [0, 0.1) is 0 Å². The van der Waals surface area contributed by atoms with Crippen molar-refractivity contribution in [2.24, 2.45) is 0 Å². The van der Waals surface area contributed by atoms with Crippen LogP contribution in [-0.2, 0) is 0 Å². The van der Waals surface area contributed by atoms with Gasteiger partial charge in [0.2, 0.25) is 0 Å². The summed E-state index contributed by atoms with van der Waals surface area (Å²) in [5, 5.41) is 3.94. The summed E-state index contributed by atoms with van der Waals surface area (Å²) in [6.45, 7) is 0. The molecule has 2 heterocycles. The Bertz CT molecular complexity index is 1200. The molecule has 1 aliphatic rings. The summed E-state index contributed by atoms with van der Waals surface area (Å²) in [7, 11) is 0. The van der Waals surface area contributed by atoms with Crippen molar-refractivity contribution in [3.8, 4) is 17.1 Å². The van der Waals surface area contributed by atoms with E-state index in [0.717, 1.165) is 29.9 Å². The minimum absolute atomic E-state index is 0.982. The number of rotatable bonds is 2. The molecule has 0 N–H and O–H groups in total. The average molecular weight is 336 g/mol. The lowest BCUT2D eigenvalue weighted by atomic mass is 10.1. The first-order chi connectivity index (χ1) is 12.9. The predicted octanol–water partition coefficient (Wildman–Crippen LogP) is 4.44. The second-order valence-corrected chi connectivity index (χ2v) is 6.74. The Balaban J connectivity index is 1.82. The summed E-state index contributed by atoms with van der Waals surface area (Å²) >= 11 is 0. The summed E-state index contributed by atoms with van der Waals surface area (Å²) < 4.78 is 2.32. The van der Waals surface area contributed by atoms with Gasteiger partial charge in [0, 0.05) is 16.2 Å². The number of nitrogens with zero attached hydrogens (tertiary/aromatic N) is 2. The molecule has 26 heavy (non-hydrogen) atoms. The zero-order valence-corrected chi connectivity index (χ0v) is 14.6. The molecule has 2 aromatic heterocycles. The molecule has 0 amide bonds. The van der Waals surface area contributed by atoms with Crippen LogP contribution in [0.2, 0.25) is 0 Å². The third kappa shape index (κ3) is 2.46. The van der Waals surface area contributed by atoms with E-state index in [-0.39, 0.29) is 0 Å². The molecular formula is C24H20N2. The van der Waals surface area contributed by atoms with Crippen LogP contribution in [-0.4, -0.2) is 9.55 Å². The first kappa shape index (κ1) is 15.2. The van der Waals surface area contributed by atoms with Crippen LogP contribution in [0.15, 0.2) is 72.8 Å². The van der Waals surface area contributed by atoms with E-state index < -0.39 is 0 Å². The van der Waals surface area contributed by atoms with Gasteiger partial charge in [0.15, 0.2) is 0 Å². The Hall–Kier alpha value is -3.13. The fraction of sp³-hybridized carbons (Fsp3) is 0.125.